The van der Waals surface area contributed by atoms with Crippen molar-refractivity contribution in [3.63, 3.8) is 0 Å². The van der Waals surface area contributed by atoms with Gasteiger partial charge in [-0.05, 0) is 28.5 Å². The van der Waals surface area contributed by atoms with Crippen molar-refractivity contribution in [1.29, 1.82) is 0 Å². The number of amides is 1. The van der Waals surface area contributed by atoms with E-state index in [0.29, 0.717) is 5.75 Å². The van der Waals surface area contributed by atoms with Gasteiger partial charge in [-0.15, -0.1) is 11.8 Å². The molecule has 0 aromatic heterocycles. The minimum Gasteiger partial charge on any atom is -0.295 e. The standard InChI is InChI=1S/C19H14N2O3S/c22-18-12-25-19(15-6-3-7-17(11-15)21(23)24)20(18)16-9-8-13-4-1-2-5-14(13)10-16/h1-11,19H,12H2/t19-/m0/s1. The van der Waals surface area contributed by atoms with Crippen LogP contribution in [-0.2, 0) is 4.79 Å². The lowest BCUT2D eigenvalue weighted by atomic mass is 10.1. The molecule has 4 rings (SSSR count). The van der Waals surface area contributed by atoms with E-state index in [9.17, 15) is 14.9 Å². The summed E-state index contributed by atoms with van der Waals surface area (Å²) in [5.41, 5.74) is 1.61. The summed E-state index contributed by atoms with van der Waals surface area (Å²) < 4.78 is 0. The number of nitrogens with zero attached hydrogens (tertiary/aromatic N) is 2. The zero-order valence-electron chi connectivity index (χ0n) is 13.2. The highest BCUT2D eigenvalue weighted by atomic mass is 32.2. The van der Waals surface area contributed by atoms with Crippen molar-refractivity contribution in [3.05, 3.63) is 82.4 Å². The SMILES string of the molecule is O=C1CS[C@@H](c2cccc([N+](=O)[O-])c2)N1c1ccc2ccccc2c1. The smallest absolute Gasteiger partial charge is 0.269 e. The molecule has 5 nitrogen and oxygen atoms in total. The molecule has 124 valence electrons. The fourth-order valence-corrected chi connectivity index (χ4v) is 4.24. The third-order valence-electron chi connectivity index (χ3n) is 4.25. The fourth-order valence-electron chi connectivity index (χ4n) is 3.07. The maximum atomic E-state index is 12.5. The zero-order chi connectivity index (χ0) is 17.4. The monoisotopic (exact) mass is 350 g/mol. The molecule has 0 aliphatic carbocycles. The largest absolute Gasteiger partial charge is 0.295 e. The van der Waals surface area contributed by atoms with E-state index in [1.165, 1.54) is 17.8 Å². The molecule has 3 aromatic carbocycles. The summed E-state index contributed by atoms with van der Waals surface area (Å²) in [4.78, 5) is 24.9. The van der Waals surface area contributed by atoms with E-state index < -0.39 is 4.92 Å². The van der Waals surface area contributed by atoms with Gasteiger partial charge in [0, 0.05) is 17.8 Å². The number of hydrogen-bond acceptors (Lipinski definition) is 4. The molecule has 0 spiro atoms. The van der Waals surface area contributed by atoms with Crippen LogP contribution in [0.3, 0.4) is 0 Å². The summed E-state index contributed by atoms with van der Waals surface area (Å²) in [6.07, 6.45) is 0. The molecule has 3 aromatic rings. The zero-order valence-corrected chi connectivity index (χ0v) is 14.0. The van der Waals surface area contributed by atoms with Crippen molar-refractivity contribution in [2.45, 2.75) is 5.37 Å². The Kier molecular flexibility index (Phi) is 3.89. The third-order valence-corrected chi connectivity index (χ3v) is 5.46. The van der Waals surface area contributed by atoms with Crippen molar-refractivity contribution in [2.24, 2.45) is 0 Å². The van der Waals surface area contributed by atoms with Crippen LogP contribution >= 0.6 is 11.8 Å². The Morgan fingerprint density at radius 2 is 1.80 bits per heavy atom. The van der Waals surface area contributed by atoms with Crippen LogP contribution in [0.1, 0.15) is 10.9 Å². The Morgan fingerprint density at radius 1 is 1.00 bits per heavy atom. The number of hydrogen-bond donors (Lipinski definition) is 0. The average molecular weight is 350 g/mol. The highest BCUT2D eigenvalue weighted by Crippen LogP contribution is 2.42. The van der Waals surface area contributed by atoms with Crippen LogP contribution in [-0.4, -0.2) is 16.6 Å². The molecule has 1 saturated heterocycles. The van der Waals surface area contributed by atoms with Crippen LogP contribution < -0.4 is 4.90 Å². The van der Waals surface area contributed by atoms with Crippen LogP contribution in [0.25, 0.3) is 10.8 Å². The summed E-state index contributed by atoms with van der Waals surface area (Å²) in [7, 11) is 0. The van der Waals surface area contributed by atoms with Crippen LogP contribution in [0.5, 0.6) is 0 Å². The van der Waals surface area contributed by atoms with E-state index in [4.69, 9.17) is 0 Å². The minimum absolute atomic E-state index is 0.0109. The minimum atomic E-state index is -0.411. The number of fused-ring (bicyclic) bond motifs is 1. The molecule has 0 saturated carbocycles. The molecule has 1 aliphatic heterocycles. The number of non-ortho nitro benzene ring substituents is 1. The van der Waals surface area contributed by atoms with E-state index in [-0.39, 0.29) is 17.0 Å². The first-order valence-corrected chi connectivity index (χ1v) is 8.85. The molecule has 0 unspecified atom stereocenters. The second-order valence-electron chi connectivity index (χ2n) is 5.81. The molecule has 1 fully saturated rings. The third kappa shape index (κ3) is 2.85. The van der Waals surface area contributed by atoms with Gasteiger partial charge in [0.15, 0.2) is 0 Å². The lowest BCUT2D eigenvalue weighted by Crippen LogP contribution is -2.27. The molecule has 1 atom stereocenters. The molecule has 1 heterocycles. The number of anilines is 1. The Hall–Kier alpha value is -2.86. The number of carbonyl (C=O) groups excluding carboxylic acids is 1. The van der Waals surface area contributed by atoms with Gasteiger partial charge in [0.2, 0.25) is 5.91 Å². The predicted octanol–water partition coefficient (Wildman–Crippen LogP) is 4.53. The van der Waals surface area contributed by atoms with Crippen molar-refractivity contribution >= 4 is 39.8 Å². The highest BCUT2D eigenvalue weighted by molar-refractivity contribution is 8.00. The van der Waals surface area contributed by atoms with Crippen molar-refractivity contribution in [1.82, 2.24) is 0 Å². The van der Waals surface area contributed by atoms with E-state index >= 15 is 0 Å². The predicted molar refractivity (Wildman–Crippen MR) is 99.7 cm³/mol. The molecule has 1 amide bonds. The van der Waals surface area contributed by atoms with Crippen molar-refractivity contribution in [2.75, 3.05) is 10.7 Å². The van der Waals surface area contributed by atoms with Crippen LogP contribution in [0.15, 0.2) is 66.7 Å². The molecule has 6 heteroatoms. The van der Waals surface area contributed by atoms with Crippen LogP contribution in [0.4, 0.5) is 11.4 Å². The molecule has 0 radical (unpaired) electrons. The molecule has 1 aliphatic rings. The van der Waals surface area contributed by atoms with Crippen molar-refractivity contribution in [3.8, 4) is 0 Å². The Labute approximate surface area is 148 Å². The summed E-state index contributed by atoms with van der Waals surface area (Å²) >= 11 is 1.49. The lowest BCUT2D eigenvalue weighted by Gasteiger charge is -2.24. The normalized spacial score (nSPS) is 17.2. The second-order valence-corrected chi connectivity index (χ2v) is 6.88. The summed E-state index contributed by atoms with van der Waals surface area (Å²) in [6.45, 7) is 0. The Balaban J connectivity index is 1.76. The topological polar surface area (TPSA) is 63.4 Å². The second kappa shape index (κ2) is 6.22. The number of rotatable bonds is 3. The van der Waals surface area contributed by atoms with Gasteiger partial charge in [0.05, 0.1) is 10.7 Å². The van der Waals surface area contributed by atoms with Gasteiger partial charge in [0.1, 0.15) is 5.37 Å². The summed E-state index contributed by atoms with van der Waals surface area (Å²) in [5.74, 6) is 0.372. The van der Waals surface area contributed by atoms with E-state index in [2.05, 4.69) is 0 Å². The molecular formula is C19H14N2O3S. The molecule has 0 N–H and O–H groups in total. The Bertz CT molecular complexity index is 989. The van der Waals surface area contributed by atoms with Gasteiger partial charge >= 0.3 is 0 Å². The van der Waals surface area contributed by atoms with Crippen LogP contribution in [0, 0.1) is 10.1 Å². The first-order valence-electron chi connectivity index (χ1n) is 7.80. The van der Waals surface area contributed by atoms with E-state index in [0.717, 1.165) is 22.0 Å². The molecular weight excluding hydrogens is 336 g/mol. The van der Waals surface area contributed by atoms with Gasteiger partial charge in [-0.2, -0.15) is 0 Å². The van der Waals surface area contributed by atoms with Crippen molar-refractivity contribution < 1.29 is 9.72 Å². The maximum absolute atomic E-state index is 12.5. The quantitative estimate of drug-likeness (QED) is 0.514. The van der Waals surface area contributed by atoms with Gasteiger partial charge in [-0.3, -0.25) is 19.8 Å². The molecule has 25 heavy (non-hydrogen) atoms. The number of nitro groups is 1. The maximum Gasteiger partial charge on any atom is 0.269 e. The van der Waals surface area contributed by atoms with Gasteiger partial charge in [-0.1, -0.05) is 42.5 Å². The lowest BCUT2D eigenvalue weighted by molar-refractivity contribution is -0.384. The fraction of sp³-hybridized carbons (Fsp3) is 0.105. The Morgan fingerprint density at radius 3 is 2.60 bits per heavy atom. The number of carbonyl (C=O) groups is 1. The first-order chi connectivity index (χ1) is 12.1. The van der Waals surface area contributed by atoms with Gasteiger partial charge in [-0.25, -0.2) is 0 Å². The number of thioether (sulfide) groups is 1. The van der Waals surface area contributed by atoms with Gasteiger partial charge < -0.3 is 0 Å². The van der Waals surface area contributed by atoms with Gasteiger partial charge in [0.25, 0.3) is 5.69 Å². The van der Waals surface area contributed by atoms with E-state index in [1.54, 1.807) is 17.0 Å². The number of benzene rings is 3. The number of nitro benzene ring substituents is 1. The first kappa shape index (κ1) is 15.7. The summed E-state index contributed by atoms with van der Waals surface area (Å²) in [6, 6.07) is 20.4. The molecule has 0 bridgehead atoms. The summed E-state index contributed by atoms with van der Waals surface area (Å²) in [5, 5.41) is 13.0. The highest BCUT2D eigenvalue weighted by Gasteiger charge is 2.34. The van der Waals surface area contributed by atoms with E-state index in [1.807, 2.05) is 48.5 Å². The van der Waals surface area contributed by atoms with Crippen LogP contribution in [0.2, 0.25) is 0 Å². The average Bonchev–Trinajstić information content (AvgIpc) is 3.03.